The molecule has 6 nitrogen and oxygen atoms in total. The molecule has 0 aliphatic carbocycles. The third-order valence-electron chi connectivity index (χ3n) is 5.97. The van der Waals surface area contributed by atoms with Gasteiger partial charge in [-0.2, -0.15) is 5.26 Å². The zero-order valence-electron chi connectivity index (χ0n) is 18.0. The lowest BCUT2D eigenvalue weighted by Crippen LogP contribution is -2.36. The molecule has 0 radical (unpaired) electrons. The number of fused-ring (bicyclic) bond motifs is 1. The Hall–Kier alpha value is -4.24. The Balaban J connectivity index is 1.67. The van der Waals surface area contributed by atoms with Crippen LogP contribution in [0.4, 0.5) is 0 Å². The molecular weight excluding hydrogens is 412 g/mol. The van der Waals surface area contributed by atoms with Gasteiger partial charge in [0.15, 0.2) is 0 Å². The minimum atomic E-state index is -0.513. The van der Waals surface area contributed by atoms with Crippen molar-refractivity contribution in [3.63, 3.8) is 0 Å². The standard InChI is InChI=1S/C27H22N4O2/c28-17-19-10-12-22(13-11-19)33-27(21-7-2-14-29-18-21)26(31-16-4-9-24(31)32)23-8-1-5-20-6-3-15-30-25(20)23/h1-3,5-8,10-15,18,26-27H,4,9,16H2/t26-,27+/m0/s1. The van der Waals surface area contributed by atoms with E-state index < -0.39 is 12.1 Å². The SMILES string of the molecule is N#Cc1ccc(O[C@H](c2cccnc2)[C@H](c2cccc3cccnc23)N2CCCC2=O)cc1. The molecule has 5 rings (SSSR count). The summed E-state index contributed by atoms with van der Waals surface area (Å²) in [5.74, 6) is 0.720. The van der Waals surface area contributed by atoms with Gasteiger partial charge in [-0.15, -0.1) is 0 Å². The van der Waals surface area contributed by atoms with Crippen molar-refractivity contribution in [2.24, 2.45) is 0 Å². The molecule has 1 saturated heterocycles. The van der Waals surface area contributed by atoms with Gasteiger partial charge in [0.2, 0.25) is 5.91 Å². The number of nitrogens with zero attached hydrogens (tertiary/aromatic N) is 4. The molecule has 0 unspecified atom stereocenters. The quantitative estimate of drug-likeness (QED) is 0.427. The molecule has 2 atom stereocenters. The number of amides is 1. The predicted octanol–water partition coefficient (Wildman–Crippen LogP) is 4.99. The highest BCUT2D eigenvalue weighted by molar-refractivity contribution is 5.84. The Bertz CT molecular complexity index is 1310. The molecule has 4 aromatic rings. The minimum absolute atomic E-state index is 0.102. The number of aromatic nitrogens is 2. The van der Waals surface area contributed by atoms with E-state index in [4.69, 9.17) is 10.00 Å². The summed E-state index contributed by atoms with van der Waals surface area (Å²) in [6, 6.07) is 22.6. The van der Waals surface area contributed by atoms with Gasteiger partial charge >= 0.3 is 0 Å². The van der Waals surface area contributed by atoms with Crippen molar-refractivity contribution in [3.05, 3.63) is 102 Å². The third kappa shape index (κ3) is 4.13. The number of hydrogen-bond donors (Lipinski definition) is 0. The van der Waals surface area contributed by atoms with Crippen molar-refractivity contribution >= 4 is 16.8 Å². The van der Waals surface area contributed by atoms with Gasteiger partial charge in [-0.1, -0.05) is 30.3 Å². The zero-order chi connectivity index (χ0) is 22.6. The molecule has 33 heavy (non-hydrogen) atoms. The van der Waals surface area contributed by atoms with Gasteiger partial charge in [0.05, 0.1) is 17.1 Å². The number of carbonyl (C=O) groups excluding carboxylic acids is 1. The highest BCUT2D eigenvalue weighted by atomic mass is 16.5. The van der Waals surface area contributed by atoms with E-state index in [0.717, 1.165) is 28.5 Å². The van der Waals surface area contributed by atoms with Crippen LogP contribution in [0.2, 0.25) is 0 Å². The fourth-order valence-corrected chi connectivity index (χ4v) is 4.44. The first-order valence-electron chi connectivity index (χ1n) is 10.9. The summed E-state index contributed by atoms with van der Waals surface area (Å²) in [4.78, 5) is 23.9. The molecule has 0 N–H and O–H groups in total. The molecule has 1 amide bonds. The lowest BCUT2D eigenvalue weighted by atomic mass is 9.93. The first kappa shape index (κ1) is 20.7. The van der Waals surface area contributed by atoms with Crippen LogP contribution >= 0.6 is 0 Å². The molecule has 1 aliphatic rings. The van der Waals surface area contributed by atoms with Gasteiger partial charge in [-0.25, -0.2) is 0 Å². The minimum Gasteiger partial charge on any atom is -0.483 e. The van der Waals surface area contributed by atoms with Gasteiger partial charge in [0, 0.05) is 48.1 Å². The molecule has 6 heteroatoms. The van der Waals surface area contributed by atoms with Gasteiger partial charge in [0.25, 0.3) is 0 Å². The number of ether oxygens (including phenoxy) is 1. The number of para-hydroxylation sites is 1. The van der Waals surface area contributed by atoms with Gasteiger partial charge in [-0.3, -0.25) is 14.8 Å². The maximum Gasteiger partial charge on any atom is 0.223 e. The number of pyridine rings is 2. The van der Waals surface area contributed by atoms with Crippen LogP contribution in [0.5, 0.6) is 5.75 Å². The topological polar surface area (TPSA) is 79.1 Å². The molecule has 0 saturated carbocycles. The summed E-state index contributed by atoms with van der Waals surface area (Å²) < 4.78 is 6.56. The fourth-order valence-electron chi connectivity index (χ4n) is 4.44. The molecule has 2 aromatic carbocycles. The maximum absolute atomic E-state index is 13.0. The third-order valence-corrected chi connectivity index (χ3v) is 5.97. The molecule has 162 valence electrons. The monoisotopic (exact) mass is 434 g/mol. The van der Waals surface area contributed by atoms with Crippen molar-refractivity contribution < 1.29 is 9.53 Å². The summed E-state index contributed by atoms with van der Waals surface area (Å²) in [5, 5.41) is 10.2. The zero-order valence-corrected chi connectivity index (χ0v) is 18.0. The van der Waals surface area contributed by atoms with Crippen LogP contribution in [0.15, 0.2) is 85.3 Å². The smallest absolute Gasteiger partial charge is 0.223 e. The number of likely N-dealkylation sites (tertiary alicyclic amines) is 1. The largest absolute Gasteiger partial charge is 0.483 e. The Morgan fingerprint density at radius 3 is 2.55 bits per heavy atom. The Labute approximate surface area is 192 Å². The average Bonchev–Trinajstić information content (AvgIpc) is 3.30. The normalized spacial score (nSPS) is 15.2. The van der Waals surface area contributed by atoms with E-state index in [2.05, 4.69) is 16.0 Å². The molecule has 1 aliphatic heterocycles. The Morgan fingerprint density at radius 2 is 1.82 bits per heavy atom. The first-order valence-corrected chi connectivity index (χ1v) is 10.9. The van der Waals surface area contributed by atoms with E-state index in [9.17, 15) is 4.79 Å². The summed E-state index contributed by atoms with van der Waals surface area (Å²) in [5.41, 5.74) is 3.21. The van der Waals surface area contributed by atoms with Crippen LogP contribution in [-0.2, 0) is 4.79 Å². The van der Waals surface area contributed by atoms with E-state index in [1.54, 1.807) is 42.9 Å². The van der Waals surface area contributed by atoms with Crippen molar-refractivity contribution in [1.82, 2.24) is 14.9 Å². The number of hydrogen-bond acceptors (Lipinski definition) is 5. The van der Waals surface area contributed by atoms with Gasteiger partial charge in [-0.05, 0) is 42.8 Å². The highest BCUT2D eigenvalue weighted by Gasteiger charge is 2.38. The molecule has 3 heterocycles. The van der Waals surface area contributed by atoms with E-state index in [0.29, 0.717) is 24.3 Å². The maximum atomic E-state index is 13.0. The van der Waals surface area contributed by atoms with Gasteiger partial charge < -0.3 is 9.64 Å². The van der Waals surface area contributed by atoms with E-state index in [1.165, 1.54) is 0 Å². The highest BCUT2D eigenvalue weighted by Crippen LogP contribution is 2.41. The van der Waals surface area contributed by atoms with Crippen LogP contribution in [0.3, 0.4) is 0 Å². The molecule has 0 spiro atoms. The summed E-state index contributed by atoms with van der Waals surface area (Å²) in [7, 11) is 0. The lowest BCUT2D eigenvalue weighted by Gasteiger charge is -2.35. The van der Waals surface area contributed by atoms with Crippen molar-refractivity contribution in [3.8, 4) is 11.8 Å². The summed E-state index contributed by atoms with van der Waals surface area (Å²) >= 11 is 0. The van der Waals surface area contributed by atoms with E-state index >= 15 is 0 Å². The van der Waals surface area contributed by atoms with Crippen molar-refractivity contribution in [2.75, 3.05) is 6.54 Å². The lowest BCUT2D eigenvalue weighted by molar-refractivity contribution is -0.131. The summed E-state index contributed by atoms with van der Waals surface area (Å²) in [6.45, 7) is 0.653. The van der Waals surface area contributed by atoms with Crippen LogP contribution in [0.25, 0.3) is 10.9 Å². The average molecular weight is 434 g/mol. The molecule has 0 bridgehead atoms. The Kier molecular flexibility index (Phi) is 5.69. The van der Waals surface area contributed by atoms with E-state index in [1.807, 2.05) is 47.4 Å². The number of nitriles is 1. The second-order valence-corrected chi connectivity index (χ2v) is 8.02. The van der Waals surface area contributed by atoms with Gasteiger partial charge in [0.1, 0.15) is 17.9 Å². The fraction of sp³-hybridized carbons (Fsp3) is 0.185. The number of rotatable bonds is 6. The second-order valence-electron chi connectivity index (χ2n) is 8.02. The van der Waals surface area contributed by atoms with Crippen LogP contribution in [0, 0.1) is 11.3 Å². The number of carbonyl (C=O) groups is 1. The predicted molar refractivity (Wildman–Crippen MR) is 124 cm³/mol. The van der Waals surface area contributed by atoms with Crippen molar-refractivity contribution in [1.29, 1.82) is 5.26 Å². The van der Waals surface area contributed by atoms with E-state index in [-0.39, 0.29) is 5.91 Å². The molecule has 2 aromatic heterocycles. The summed E-state index contributed by atoms with van der Waals surface area (Å²) in [6.07, 6.45) is 6.09. The number of benzene rings is 2. The molecular formula is C27H22N4O2. The van der Waals surface area contributed by atoms with Crippen LogP contribution in [0.1, 0.15) is 41.7 Å². The van der Waals surface area contributed by atoms with Crippen LogP contribution in [-0.4, -0.2) is 27.3 Å². The Morgan fingerprint density at radius 1 is 1.00 bits per heavy atom. The van der Waals surface area contributed by atoms with Crippen molar-refractivity contribution in [2.45, 2.75) is 25.0 Å². The second kappa shape index (κ2) is 9.09. The molecule has 1 fully saturated rings. The van der Waals surface area contributed by atoms with Crippen LogP contribution < -0.4 is 4.74 Å². The first-order chi connectivity index (χ1) is 16.2.